The largest absolute Gasteiger partial charge is 0.455 e. The molecule has 0 N–H and O–H groups in total. The topological polar surface area (TPSA) is 9.23 Å². The van der Waals surface area contributed by atoms with Crippen LogP contribution >= 0.6 is 0 Å². The zero-order valence-corrected chi connectivity index (χ0v) is 32.2. The van der Waals surface area contributed by atoms with Crippen molar-refractivity contribution in [2.75, 3.05) is 0 Å². The highest BCUT2D eigenvalue weighted by Gasteiger charge is 2.52. The van der Waals surface area contributed by atoms with Crippen molar-refractivity contribution in [1.29, 1.82) is 0 Å². The maximum atomic E-state index is 7.24. The molecule has 10 aromatic rings. The standard InChI is InChI=1S/C58H36O/c1-3-18-40(19-4-1)57(41-20-5-2-6-21-41)49-28-14-12-25-47(49)54-42(26-15-29-50(54)57)39-30-33-46-45-24-11-13-27-48(45)58(53(46)36-39)51-34-31-37-16-7-9-22-43(37)55(51)59-56-44-23-10-8-17-38(44)32-35-52(56)58/h1-36H. The predicted octanol–water partition coefficient (Wildman–Crippen LogP) is 14.5. The maximum absolute atomic E-state index is 7.24. The van der Waals surface area contributed by atoms with Crippen molar-refractivity contribution in [2.24, 2.45) is 0 Å². The Morgan fingerprint density at radius 3 is 1.42 bits per heavy atom. The van der Waals surface area contributed by atoms with E-state index in [0.29, 0.717) is 0 Å². The quantitative estimate of drug-likeness (QED) is 0.175. The molecule has 0 atom stereocenters. The van der Waals surface area contributed by atoms with E-state index < -0.39 is 10.8 Å². The van der Waals surface area contributed by atoms with Crippen LogP contribution in [0.1, 0.15) is 44.5 Å². The minimum Gasteiger partial charge on any atom is -0.455 e. The summed E-state index contributed by atoms with van der Waals surface area (Å²) in [6.07, 6.45) is 0. The van der Waals surface area contributed by atoms with Gasteiger partial charge in [0, 0.05) is 21.9 Å². The van der Waals surface area contributed by atoms with E-state index in [0.717, 1.165) is 22.3 Å². The van der Waals surface area contributed by atoms with Gasteiger partial charge < -0.3 is 4.74 Å². The Labute approximate surface area is 343 Å². The van der Waals surface area contributed by atoms with Crippen molar-refractivity contribution in [1.82, 2.24) is 0 Å². The summed E-state index contributed by atoms with van der Waals surface area (Å²) in [6.45, 7) is 0. The number of benzene rings is 10. The lowest BCUT2D eigenvalue weighted by Gasteiger charge is -2.40. The fourth-order valence-electron chi connectivity index (χ4n) is 11.3. The maximum Gasteiger partial charge on any atom is 0.140 e. The number of hydrogen-bond donors (Lipinski definition) is 0. The van der Waals surface area contributed by atoms with Crippen molar-refractivity contribution in [2.45, 2.75) is 10.8 Å². The summed E-state index contributed by atoms with van der Waals surface area (Å²) < 4.78 is 7.24. The second kappa shape index (κ2) is 12.0. The zero-order chi connectivity index (χ0) is 38.7. The Bertz CT molecular complexity index is 3230. The van der Waals surface area contributed by atoms with Gasteiger partial charge in [-0.2, -0.15) is 0 Å². The molecule has 0 saturated heterocycles. The molecule has 0 bridgehead atoms. The molecule has 0 aromatic heterocycles. The van der Waals surface area contributed by atoms with Crippen LogP contribution in [0.5, 0.6) is 11.5 Å². The van der Waals surface area contributed by atoms with E-state index in [-0.39, 0.29) is 0 Å². The SMILES string of the molecule is c1ccc(C2(c3ccccc3)c3ccccc3-c3c(-c4ccc5c(c4)C4(c6ccccc6-5)c5ccc6ccccc6c5Oc5c4ccc4ccccc54)cccc32)cc1. The molecule has 3 aliphatic rings. The van der Waals surface area contributed by atoms with Crippen LogP contribution < -0.4 is 4.74 Å². The first-order valence-corrected chi connectivity index (χ1v) is 20.6. The van der Waals surface area contributed by atoms with Crippen LogP contribution in [0, 0.1) is 0 Å². The molecule has 0 unspecified atom stereocenters. The predicted molar refractivity (Wildman–Crippen MR) is 242 cm³/mol. The normalized spacial score (nSPS) is 14.5. The van der Waals surface area contributed by atoms with Crippen molar-refractivity contribution >= 4 is 21.5 Å². The van der Waals surface area contributed by atoms with Crippen LogP contribution in [0.4, 0.5) is 0 Å². The summed E-state index contributed by atoms with van der Waals surface area (Å²) in [4.78, 5) is 0. The van der Waals surface area contributed by atoms with Crippen LogP contribution in [0.15, 0.2) is 218 Å². The lowest BCUT2D eigenvalue weighted by atomic mass is 9.65. The van der Waals surface area contributed by atoms with E-state index >= 15 is 0 Å². The van der Waals surface area contributed by atoms with Gasteiger partial charge in [-0.05, 0) is 83.6 Å². The summed E-state index contributed by atoms with van der Waals surface area (Å²) in [5, 5.41) is 4.59. The van der Waals surface area contributed by atoms with E-state index in [1.165, 1.54) is 88.7 Å². The molecule has 0 amide bonds. The summed E-state index contributed by atoms with van der Waals surface area (Å²) in [7, 11) is 0. The molecule has 0 saturated carbocycles. The Kier molecular flexibility index (Phi) is 6.64. The molecule has 1 spiro atoms. The van der Waals surface area contributed by atoms with Gasteiger partial charge in [-0.15, -0.1) is 0 Å². The first-order valence-electron chi connectivity index (χ1n) is 20.6. The van der Waals surface area contributed by atoms with E-state index in [1.54, 1.807) is 0 Å². The third kappa shape index (κ3) is 4.14. The van der Waals surface area contributed by atoms with Gasteiger partial charge in [-0.25, -0.2) is 0 Å². The van der Waals surface area contributed by atoms with Gasteiger partial charge in [-0.3, -0.25) is 0 Å². The van der Waals surface area contributed by atoms with Gasteiger partial charge in [0.2, 0.25) is 0 Å². The van der Waals surface area contributed by atoms with E-state index in [1.807, 2.05) is 0 Å². The Hall–Kier alpha value is -7.48. The Morgan fingerprint density at radius 2 is 0.780 bits per heavy atom. The van der Waals surface area contributed by atoms with Crippen molar-refractivity contribution < 1.29 is 4.74 Å². The third-order valence-electron chi connectivity index (χ3n) is 13.6. The highest BCUT2D eigenvalue weighted by molar-refractivity contribution is 6.01. The summed E-state index contributed by atoms with van der Waals surface area (Å²) >= 11 is 0. The first-order chi connectivity index (χ1) is 29.3. The summed E-state index contributed by atoms with van der Waals surface area (Å²) in [6, 6.07) is 81.1. The molecule has 274 valence electrons. The van der Waals surface area contributed by atoms with Crippen molar-refractivity contribution in [3.05, 3.63) is 263 Å². The molecule has 1 nitrogen and oxygen atoms in total. The number of hydrogen-bond acceptors (Lipinski definition) is 1. The third-order valence-corrected chi connectivity index (χ3v) is 13.6. The Morgan fingerprint density at radius 1 is 0.288 bits per heavy atom. The lowest BCUT2D eigenvalue weighted by molar-refractivity contribution is 0.447. The van der Waals surface area contributed by atoms with E-state index in [9.17, 15) is 0 Å². The van der Waals surface area contributed by atoms with Crippen LogP contribution in [0.25, 0.3) is 54.9 Å². The van der Waals surface area contributed by atoms with Gasteiger partial charge >= 0.3 is 0 Å². The monoisotopic (exact) mass is 748 g/mol. The van der Waals surface area contributed by atoms with Gasteiger partial charge in [-0.1, -0.05) is 212 Å². The average molecular weight is 749 g/mol. The first kappa shape index (κ1) is 32.6. The van der Waals surface area contributed by atoms with Crippen LogP contribution in [0.3, 0.4) is 0 Å². The van der Waals surface area contributed by atoms with Gasteiger partial charge in [0.15, 0.2) is 0 Å². The number of fused-ring (bicyclic) bond motifs is 16. The van der Waals surface area contributed by atoms with Gasteiger partial charge in [0.05, 0.1) is 10.8 Å². The number of ether oxygens (including phenoxy) is 1. The van der Waals surface area contributed by atoms with E-state index in [4.69, 9.17) is 4.74 Å². The zero-order valence-electron chi connectivity index (χ0n) is 32.2. The molecule has 1 heteroatoms. The molecule has 59 heavy (non-hydrogen) atoms. The lowest BCUT2D eigenvalue weighted by Crippen LogP contribution is -2.32. The molecule has 0 radical (unpaired) electrons. The van der Waals surface area contributed by atoms with Crippen LogP contribution in [0.2, 0.25) is 0 Å². The molecule has 13 rings (SSSR count). The van der Waals surface area contributed by atoms with E-state index in [2.05, 4.69) is 218 Å². The highest BCUT2D eigenvalue weighted by Crippen LogP contribution is 2.65. The molecular formula is C58H36O. The number of rotatable bonds is 3. The molecule has 10 aromatic carbocycles. The van der Waals surface area contributed by atoms with Crippen LogP contribution in [-0.2, 0) is 10.8 Å². The molecule has 2 aliphatic carbocycles. The minimum atomic E-state index is -0.618. The second-order valence-electron chi connectivity index (χ2n) is 16.2. The molecule has 1 aliphatic heterocycles. The fraction of sp³-hybridized carbons (Fsp3) is 0.0345. The smallest absolute Gasteiger partial charge is 0.140 e. The fourth-order valence-corrected chi connectivity index (χ4v) is 11.3. The summed E-state index contributed by atoms with van der Waals surface area (Å²) in [5.41, 5.74) is 16.6. The van der Waals surface area contributed by atoms with Crippen molar-refractivity contribution in [3.63, 3.8) is 0 Å². The molecule has 0 fully saturated rings. The highest BCUT2D eigenvalue weighted by atomic mass is 16.5. The van der Waals surface area contributed by atoms with Gasteiger partial charge in [0.1, 0.15) is 11.5 Å². The summed E-state index contributed by atoms with van der Waals surface area (Å²) in [5.74, 6) is 1.87. The van der Waals surface area contributed by atoms with Crippen molar-refractivity contribution in [3.8, 4) is 44.9 Å². The average Bonchev–Trinajstić information content (AvgIpc) is 3.78. The second-order valence-corrected chi connectivity index (χ2v) is 16.2. The Balaban J connectivity index is 1.14. The van der Waals surface area contributed by atoms with Gasteiger partial charge in [0.25, 0.3) is 0 Å². The molecular weight excluding hydrogens is 713 g/mol. The van der Waals surface area contributed by atoms with Crippen LogP contribution in [-0.4, -0.2) is 0 Å². The molecule has 1 heterocycles. The minimum absolute atomic E-state index is 0.473.